The number of nitrogens with one attached hydrogen (secondary N) is 2. The summed E-state index contributed by atoms with van der Waals surface area (Å²) in [6, 6.07) is 19.8. The van der Waals surface area contributed by atoms with Crippen LogP contribution in [0.25, 0.3) is 5.82 Å². The lowest BCUT2D eigenvalue weighted by Crippen LogP contribution is -2.11. The Balaban J connectivity index is 1.41. The van der Waals surface area contributed by atoms with E-state index in [4.69, 9.17) is 11.6 Å². The number of halogens is 1. The molecule has 2 aromatic heterocycles. The Hall–Kier alpha value is -3.71. The van der Waals surface area contributed by atoms with E-state index < -0.39 is 0 Å². The molecule has 2 N–H and O–H groups in total. The molecular formula is C22H19ClN6O. The number of benzene rings is 2. The van der Waals surface area contributed by atoms with Crippen molar-refractivity contribution in [2.24, 2.45) is 0 Å². The highest BCUT2D eigenvalue weighted by Crippen LogP contribution is 2.19. The molecule has 0 spiro atoms. The van der Waals surface area contributed by atoms with Gasteiger partial charge in [-0.1, -0.05) is 17.7 Å². The normalized spacial score (nSPS) is 10.6. The fourth-order valence-corrected chi connectivity index (χ4v) is 3.17. The molecule has 0 radical (unpaired) electrons. The maximum atomic E-state index is 12.3. The molecule has 0 fully saturated rings. The number of aryl methyl sites for hydroxylation is 2. The first-order valence-corrected chi connectivity index (χ1v) is 9.67. The molecule has 8 heteroatoms. The zero-order chi connectivity index (χ0) is 21.1. The lowest BCUT2D eigenvalue weighted by Gasteiger charge is -2.09. The molecule has 0 unspecified atom stereocenters. The van der Waals surface area contributed by atoms with Crippen LogP contribution in [0.5, 0.6) is 0 Å². The molecular weight excluding hydrogens is 400 g/mol. The van der Waals surface area contributed by atoms with Crippen LogP contribution < -0.4 is 10.6 Å². The van der Waals surface area contributed by atoms with E-state index in [1.807, 2.05) is 56.3 Å². The van der Waals surface area contributed by atoms with Gasteiger partial charge in [0.1, 0.15) is 0 Å². The lowest BCUT2D eigenvalue weighted by molar-refractivity contribution is 0.102. The summed E-state index contributed by atoms with van der Waals surface area (Å²) >= 11 is 5.94. The molecule has 0 atom stereocenters. The third-order valence-corrected chi connectivity index (χ3v) is 4.61. The van der Waals surface area contributed by atoms with Gasteiger partial charge < -0.3 is 10.6 Å². The molecule has 150 valence electrons. The summed E-state index contributed by atoms with van der Waals surface area (Å²) in [5, 5.41) is 19.4. The van der Waals surface area contributed by atoms with E-state index in [1.165, 1.54) is 0 Å². The first-order chi connectivity index (χ1) is 14.5. The molecule has 4 rings (SSSR count). The minimum atomic E-state index is -0.219. The summed E-state index contributed by atoms with van der Waals surface area (Å²) in [4.78, 5) is 12.3. The van der Waals surface area contributed by atoms with Crippen LogP contribution in [0.15, 0.2) is 66.7 Å². The number of carbonyl (C=O) groups is 1. The molecule has 0 aliphatic rings. The van der Waals surface area contributed by atoms with Gasteiger partial charge in [0.05, 0.1) is 5.69 Å². The molecule has 7 nitrogen and oxygen atoms in total. The van der Waals surface area contributed by atoms with Crippen molar-refractivity contribution in [1.82, 2.24) is 20.0 Å². The summed E-state index contributed by atoms with van der Waals surface area (Å²) in [5.74, 6) is 1.05. The maximum absolute atomic E-state index is 12.3. The van der Waals surface area contributed by atoms with E-state index in [9.17, 15) is 4.79 Å². The van der Waals surface area contributed by atoms with E-state index in [2.05, 4.69) is 25.9 Å². The Bertz CT molecular complexity index is 1190. The van der Waals surface area contributed by atoms with Gasteiger partial charge in [-0.2, -0.15) is 5.10 Å². The summed E-state index contributed by atoms with van der Waals surface area (Å²) in [6.45, 7) is 3.91. The number of anilines is 3. The van der Waals surface area contributed by atoms with Gasteiger partial charge in [-0.05, 0) is 74.5 Å². The van der Waals surface area contributed by atoms with Gasteiger partial charge in [-0.25, -0.2) is 4.68 Å². The van der Waals surface area contributed by atoms with Crippen LogP contribution in [0.4, 0.5) is 17.2 Å². The van der Waals surface area contributed by atoms with Crippen LogP contribution in [0, 0.1) is 13.8 Å². The van der Waals surface area contributed by atoms with Gasteiger partial charge in [0, 0.05) is 27.7 Å². The Morgan fingerprint density at radius 2 is 1.70 bits per heavy atom. The second-order valence-electron chi connectivity index (χ2n) is 6.78. The van der Waals surface area contributed by atoms with E-state index in [0.29, 0.717) is 27.9 Å². The van der Waals surface area contributed by atoms with Crippen molar-refractivity contribution in [1.29, 1.82) is 0 Å². The fourth-order valence-electron chi connectivity index (χ4n) is 2.98. The second kappa shape index (κ2) is 8.34. The Morgan fingerprint density at radius 3 is 2.33 bits per heavy atom. The van der Waals surface area contributed by atoms with Crippen LogP contribution in [0.1, 0.15) is 21.7 Å². The Kier molecular flexibility index (Phi) is 5.45. The highest BCUT2D eigenvalue weighted by Gasteiger charge is 2.08. The quantitative estimate of drug-likeness (QED) is 0.480. The highest BCUT2D eigenvalue weighted by molar-refractivity contribution is 6.31. The summed E-state index contributed by atoms with van der Waals surface area (Å²) in [5.41, 5.74) is 3.93. The van der Waals surface area contributed by atoms with Gasteiger partial charge in [0.25, 0.3) is 5.91 Å². The molecule has 0 bridgehead atoms. The average Bonchev–Trinajstić information content (AvgIpc) is 3.08. The van der Waals surface area contributed by atoms with E-state index >= 15 is 0 Å². The number of carbonyl (C=O) groups excluding carboxylic acids is 1. The van der Waals surface area contributed by atoms with Gasteiger partial charge in [0.15, 0.2) is 11.6 Å². The van der Waals surface area contributed by atoms with Crippen molar-refractivity contribution in [3.63, 3.8) is 0 Å². The third kappa shape index (κ3) is 4.47. The topological polar surface area (TPSA) is 84.7 Å². The first-order valence-electron chi connectivity index (χ1n) is 9.29. The monoisotopic (exact) mass is 418 g/mol. The van der Waals surface area contributed by atoms with Crippen LogP contribution in [0.2, 0.25) is 5.02 Å². The molecule has 4 aromatic rings. The number of rotatable bonds is 5. The van der Waals surface area contributed by atoms with Crippen molar-refractivity contribution in [2.75, 3.05) is 10.6 Å². The van der Waals surface area contributed by atoms with E-state index in [-0.39, 0.29) is 5.91 Å². The van der Waals surface area contributed by atoms with Gasteiger partial charge >= 0.3 is 0 Å². The van der Waals surface area contributed by atoms with Crippen LogP contribution >= 0.6 is 11.6 Å². The first kappa shape index (κ1) is 19.6. The Labute approximate surface area is 178 Å². The smallest absolute Gasteiger partial charge is 0.255 e. The standard InChI is InChI=1S/C22H19ClN6O/c1-14-12-15(2)29(28-14)21-11-10-20(26-27-21)24-18-6-8-19(9-7-18)25-22(30)16-4-3-5-17(23)13-16/h3-13H,1-2H3,(H,24,26)(H,25,30). The summed E-state index contributed by atoms with van der Waals surface area (Å²) in [7, 11) is 0. The van der Waals surface area contributed by atoms with Crippen LogP contribution in [0.3, 0.4) is 0 Å². The maximum Gasteiger partial charge on any atom is 0.255 e. The van der Waals surface area contributed by atoms with Gasteiger partial charge in [-0.15, -0.1) is 10.2 Å². The average molecular weight is 419 g/mol. The molecule has 30 heavy (non-hydrogen) atoms. The number of hydrogen-bond donors (Lipinski definition) is 2. The number of nitrogens with zero attached hydrogens (tertiary/aromatic N) is 4. The molecule has 0 aliphatic heterocycles. The minimum Gasteiger partial charge on any atom is -0.339 e. The minimum absolute atomic E-state index is 0.219. The molecule has 0 saturated carbocycles. The van der Waals surface area contributed by atoms with E-state index in [1.54, 1.807) is 28.9 Å². The van der Waals surface area contributed by atoms with E-state index in [0.717, 1.165) is 17.1 Å². The van der Waals surface area contributed by atoms with Crippen molar-refractivity contribution in [3.8, 4) is 5.82 Å². The van der Waals surface area contributed by atoms with Crippen molar-refractivity contribution in [3.05, 3.63) is 88.7 Å². The van der Waals surface area contributed by atoms with Crippen molar-refractivity contribution in [2.45, 2.75) is 13.8 Å². The van der Waals surface area contributed by atoms with Gasteiger partial charge in [-0.3, -0.25) is 4.79 Å². The Morgan fingerprint density at radius 1 is 0.933 bits per heavy atom. The lowest BCUT2D eigenvalue weighted by atomic mass is 10.2. The zero-order valence-corrected chi connectivity index (χ0v) is 17.2. The molecule has 2 heterocycles. The highest BCUT2D eigenvalue weighted by atomic mass is 35.5. The number of aromatic nitrogens is 4. The molecule has 0 saturated heterocycles. The predicted octanol–water partition coefficient (Wildman–Crippen LogP) is 4.93. The van der Waals surface area contributed by atoms with Crippen molar-refractivity contribution < 1.29 is 4.79 Å². The molecule has 1 amide bonds. The summed E-state index contributed by atoms with van der Waals surface area (Å²) in [6.07, 6.45) is 0. The fraction of sp³-hybridized carbons (Fsp3) is 0.0909. The number of hydrogen-bond acceptors (Lipinski definition) is 5. The number of amides is 1. The van der Waals surface area contributed by atoms with Crippen LogP contribution in [-0.4, -0.2) is 25.9 Å². The predicted molar refractivity (Wildman–Crippen MR) is 118 cm³/mol. The van der Waals surface area contributed by atoms with Crippen LogP contribution in [-0.2, 0) is 0 Å². The second-order valence-corrected chi connectivity index (χ2v) is 7.22. The van der Waals surface area contributed by atoms with Gasteiger partial charge in [0.2, 0.25) is 0 Å². The zero-order valence-electron chi connectivity index (χ0n) is 16.4. The third-order valence-electron chi connectivity index (χ3n) is 4.38. The molecule has 0 aliphatic carbocycles. The summed E-state index contributed by atoms with van der Waals surface area (Å²) < 4.78 is 1.75. The SMILES string of the molecule is Cc1cc(C)n(-c2ccc(Nc3ccc(NC(=O)c4cccc(Cl)c4)cc3)nn2)n1. The largest absolute Gasteiger partial charge is 0.339 e. The van der Waals surface area contributed by atoms with Crippen molar-refractivity contribution >= 4 is 34.7 Å². The molecule has 2 aromatic carbocycles.